The van der Waals surface area contributed by atoms with Crippen molar-refractivity contribution in [3.05, 3.63) is 28.2 Å². The fraction of sp³-hybridized carbons (Fsp3) is 0.533. The zero-order valence-corrected chi connectivity index (χ0v) is 13.6. The summed E-state index contributed by atoms with van der Waals surface area (Å²) in [7, 11) is 0. The van der Waals surface area contributed by atoms with Gasteiger partial charge in [-0.3, -0.25) is 0 Å². The Bertz CT molecular complexity index is 624. The Morgan fingerprint density at radius 3 is 2.95 bits per heavy atom. The molecule has 21 heavy (non-hydrogen) atoms. The van der Waals surface area contributed by atoms with Gasteiger partial charge in [0.1, 0.15) is 0 Å². The summed E-state index contributed by atoms with van der Waals surface area (Å²) in [5, 5.41) is 23.2. The summed E-state index contributed by atoms with van der Waals surface area (Å²) in [6, 6.07) is 6.25. The van der Waals surface area contributed by atoms with E-state index in [2.05, 4.69) is 38.3 Å². The molecule has 1 aliphatic rings. The highest BCUT2D eigenvalue weighted by atomic mass is 79.9. The van der Waals surface area contributed by atoms with E-state index < -0.39 is 6.10 Å². The van der Waals surface area contributed by atoms with Crippen LogP contribution in [0, 0.1) is 0 Å². The van der Waals surface area contributed by atoms with Gasteiger partial charge >= 0.3 is 0 Å². The molecule has 1 heterocycles. The molecule has 2 aromatic rings. The normalized spacial score (nSPS) is 16.1. The molecule has 3 rings (SSSR count). The summed E-state index contributed by atoms with van der Waals surface area (Å²) in [5.74, 6) is 0.591. The van der Waals surface area contributed by atoms with E-state index in [0.29, 0.717) is 11.9 Å². The molecule has 1 aromatic carbocycles. The summed E-state index contributed by atoms with van der Waals surface area (Å²) in [5.41, 5.74) is 1.74. The third kappa shape index (κ3) is 3.32. The third-order valence-corrected chi connectivity index (χ3v) is 4.24. The molecule has 112 valence electrons. The third-order valence-electron chi connectivity index (χ3n) is 3.75. The van der Waals surface area contributed by atoms with Crippen molar-refractivity contribution in [2.45, 2.75) is 51.2 Å². The van der Waals surface area contributed by atoms with Gasteiger partial charge in [0.2, 0.25) is 5.82 Å². The number of unbranched alkanes of at least 4 members (excludes halogenated alkanes) is 1. The van der Waals surface area contributed by atoms with Crippen LogP contribution >= 0.6 is 15.9 Å². The molecule has 1 saturated carbocycles. The van der Waals surface area contributed by atoms with Gasteiger partial charge in [-0.05, 0) is 42.2 Å². The molecule has 0 amide bonds. The predicted molar refractivity (Wildman–Crippen MR) is 83.7 cm³/mol. The molecule has 0 saturated heterocycles. The molecule has 0 bridgehead atoms. The average Bonchev–Trinajstić information content (AvgIpc) is 3.22. The van der Waals surface area contributed by atoms with Crippen molar-refractivity contribution in [1.82, 2.24) is 20.2 Å². The van der Waals surface area contributed by atoms with Crippen LogP contribution in [0.1, 0.15) is 56.7 Å². The molecule has 1 aliphatic carbocycles. The summed E-state index contributed by atoms with van der Waals surface area (Å²) in [6.07, 6.45) is 4.58. The van der Waals surface area contributed by atoms with Crippen molar-refractivity contribution in [1.29, 1.82) is 0 Å². The van der Waals surface area contributed by atoms with Crippen molar-refractivity contribution in [2.24, 2.45) is 0 Å². The first-order valence-electron chi connectivity index (χ1n) is 7.46. The van der Waals surface area contributed by atoms with E-state index in [9.17, 15) is 5.11 Å². The first-order valence-corrected chi connectivity index (χ1v) is 8.25. The van der Waals surface area contributed by atoms with Crippen LogP contribution < -0.4 is 0 Å². The molecule has 6 heteroatoms. The quantitative estimate of drug-likeness (QED) is 0.863. The zero-order valence-electron chi connectivity index (χ0n) is 12.0. The van der Waals surface area contributed by atoms with Gasteiger partial charge in [-0.15, -0.1) is 10.2 Å². The summed E-state index contributed by atoms with van der Waals surface area (Å²) in [6.45, 7) is 2.12. The van der Waals surface area contributed by atoms with Gasteiger partial charge in [-0.2, -0.15) is 4.80 Å². The lowest BCUT2D eigenvalue weighted by molar-refractivity contribution is 0.165. The number of aromatic nitrogens is 4. The van der Waals surface area contributed by atoms with Gasteiger partial charge in [0.25, 0.3) is 0 Å². The number of halogens is 1. The number of rotatable bonds is 6. The lowest BCUT2D eigenvalue weighted by atomic mass is 9.98. The topological polar surface area (TPSA) is 63.8 Å². The van der Waals surface area contributed by atoms with Crippen molar-refractivity contribution in [3.63, 3.8) is 0 Å². The van der Waals surface area contributed by atoms with Gasteiger partial charge in [0.05, 0.1) is 12.1 Å². The monoisotopic (exact) mass is 350 g/mol. The molecule has 1 atom stereocenters. The van der Waals surface area contributed by atoms with E-state index in [-0.39, 0.29) is 0 Å². The first-order chi connectivity index (χ1) is 10.2. The Morgan fingerprint density at radius 1 is 1.43 bits per heavy atom. The molecule has 0 aliphatic heterocycles. The number of nitrogens with zero attached hydrogens (tertiary/aromatic N) is 4. The predicted octanol–water partition coefficient (Wildman–Crippen LogP) is 3.66. The highest BCUT2D eigenvalue weighted by molar-refractivity contribution is 9.10. The Morgan fingerprint density at radius 2 is 2.24 bits per heavy atom. The minimum Gasteiger partial charge on any atom is -0.388 e. The molecule has 5 nitrogen and oxygen atoms in total. The number of benzene rings is 1. The van der Waals surface area contributed by atoms with Crippen LogP contribution in [0.5, 0.6) is 0 Å². The molecule has 1 N–H and O–H groups in total. The summed E-state index contributed by atoms with van der Waals surface area (Å²) < 4.78 is 0.951. The second-order valence-electron chi connectivity index (χ2n) is 5.55. The Labute approximate surface area is 132 Å². The van der Waals surface area contributed by atoms with Gasteiger partial charge in [0.15, 0.2) is 0 Å². The Kier molecular flexibility index (Phi) is 4.35. The van der Waals surface area contributed by atoms with Crippen molar-refractivity contribution < 1.29 is 5.11 Å². The van der Waals surface area contributed by atoms with Crippen molar-refractivity contribution in [3.8, 4) is 11.4 Å². The Hall–Kier alpha value is -1.27. The SMILES string of the molecule is CCCCC(O)c1ccc(Br)cc1-c1nnn(C2CC2)n1. The molecule has 1 fully saturated rings. The highest BCUT2D eigenvalue weighted by Gasteiger charge is 2.27. The van der Waals surface area contributed by atoms with Crippen LogP contribution in [-0.2, 0) is 0 Å². The van der Waals surface area contributed by atoms with E-state index in [0.717, 1.165) is 47.7 Å². The second kappa shape index (κ2) is 6.23. The van der Waals surface area contributed by atoms with Gasteiger partial charge in [-0.25, -0.2) is 0 Å². The van der Waals surface area contributed by atoms with E-state index in [1.54, 1.807) is 4.80 Å². The maximum Gasteiger partial charge on any atom is 0.205 e. The van der Waals surface area contributed by atoms with Crippen LogP contribution in [0.3, 0.4) is 0 Å². The largest absolute Gasteiger partial charge is 0.388 e. The smallest absolute Gasteiger partial charge is 0.205 e. The fourth-order valence-electron chi connectivity index (χ4n) is 2.36. The number of hydrogen-bond acceptors (Lipinski definition) is 4. The molecule has 0 radical (unpaired) electrons. The maximum absolute atomic E-state index is 10.4. The first kappa shape index (κ1) is 14.7. The maximum atomic E-state index is 10.4. The summed E-state index contributed by atoms with van der Waals surface area (Å²) in [4.78, 5) is 1.69. The lowest BCUT2D eigenvalue weighted by Crippen LogP contribution is -2.02. The average molecular weight is 351 g/mol. The lowest BCUT2D eigenvalue weighted by Gasteiger charge is -2.14. The fourth-order valence-corrected chi connectivity index (χ4v) is 2.72. The van der Waals surface area contributed by atoms with Crippen LogP contribution in [-0.4, -0.2) is 25.3 Å². The molecule has 0 spiro atoms. The van der Waals surface area contributed by atoms with Crippen molar-refractivity contribution >= 4 is 15.9 Å². The summed E-state index contributed by atoms with van der Waals surface area (Å²) >= 11 is 3.48. The number of aliphatic hydroxyl groups excluding tert-OH is 1. The van der Waals surface area contributed by atoms with E-state index in [4.69, 9.17) is 0 Å². The van der Waals surface area contributed by atoms with Crippen LogP contribution in [0.4, 0.5) is 0 Å². The van der Waals surface area contributed by atoms with Crippen LogP contribution in [0.25, 0.3) is 11.4 Å². The van der Waals surface area contributed by atoms with Gasteiger partial charge < -0.3 is 5.11 Å². The molecule has 1 unspecified atom stereocenters. The van der Waals surface area contributed by atoms with Crippen LogP contribution in [0.2, 0.25) is 0 Å². The Balaban J connectivity index is 1.92. The van der Waals surface area contributed by atoms with Gasteiger partial charge in [-0.1, -0.05) is 41.8 Å². The minimum atomic E-state index is -0.485. The molecular formula is C15H19BrN4O. The van der Waals surface area contributed by atoms with Gasteiger partial charge in [0, 0.05) is 10.0 Å². The van der Waals surface area contributed by atoms with Crippen molar-refractivity contribution in [2.75, 3.05) is 0 Å². The number of tetrazole rings is 1. The zero-order chi connectivity index (χ0) is 14.8. The highest BCUT2D eigenvalue weighted by Crippen LogP contribution is 2.35. The van der Waals surface area contributed by atoms with E-state index in [1.165, 1.54) is 0 Å². The molecule has 1 aromatic heterocycles. The number of hydrogen-bond donors (Lipinski definition) is 1. The second-order valence-corrected chi connectivity index (χ2v) is 6.47. The number of aliphatic hydroxyl groups is 1. The van der Waals surface area contributed by atoms with Crippen LogP contribution in [0.15, 0.2) is 22.7 Å². The van der Waals surface area contributed by atoms with E-state index >= 15 is 0 Å². The minimum absolute atomic E-state index is 0.409. The molecular weight excluding hydrogens is 332 g/mol. The van der Waals surface area contributed by atoms with E-state index in [1.807, 2.05) is 18.2 Å². The standard InChI is InChI=1S/C15H19BrN4O/c1-2-3-4-14(21)12-8-5-10(16)9-13(12)15-17-19-20(18-15)11-6-7-11/h5,8-9,11,14,21H,2-4,6-7H2,1H3.